The average Bonchev–Trinajstić information content (AvgIpc) is 3.33. The minimum absolute atomic E-state index is 0.123. The van der Waals surface area contributed by atoms with Crippen molar-refractivity contribution in [3.63, 3.8) is 0 Å². The maximum atomic E-state index is 12.0. The molecule has 1 aromatic carbocycles. The predicted molar refractivity (Wildman–Crippen MR) is 87.8 cm³/mol. The summed E-state index contributed by atoms with van der Waals surface area (Å²) in [6.07, 6.45) is 5.61. The Morgan fingerprint density at radius 1 is 1.22 bits per heavy atom. The van der Waals surface area contributed by atoms with Crippen molar-refractivity contribution in [2.75, 3.05) is 13.2 Å². The zero-order valence-corrected chi connectivity index (χ0v) is 14.4. The van der Waals surface area contributed by atoms with Gasteiger partial charge in [0.15, 0.2) is 0 Å². The van der Waals surface area contributed by atoms with Crippen LogP contribution in [0.1, 0.15) is 44.1 Å². The quantitative estimate of drug-likeness (QED) is 0.380. The first-order valence-electron chi connectivity index (χ1n) is 8.23. The largest absolute Gasteiger partial charge is 0.391 e. The van der Waals surface area contributed by atoms with Crippen LogP contribution in [0.15, 0.2) is 29.2 Å². The molecular weight excluding hydrogens is 316 g/mol. The predicted octanol–water partition coefficient (Wildman–Crippen LogP) is 2.80. The summed E-state index contributed by atoms with van der Waals surface area (Å²) in [5.74, 6) is 0. The second-order valence-electron chi connectivity index (χ2n) is 6.15. The van der Waals surface area contributed by atoms with Gasteiger partial charge in [0.05, 0.1) is 30.3 Å². The third kappa shape index (κ3) is 6.99. The Labute approximate surface area is 138 Å². The number of aliphatic hydroxyl groups is 1. The number of aryl methyl sites for hydroxylation is 1. The van der Waals surface area contributed by atoms with Crippen LogP contribution in [0.2, 0.25) is 0 Å². The van der Waals surface area contributed by atoms with E-state index in [0.29, 0.717) is 12.5 Å². The van der Waals surface area contributed by atoms with Gasteiger partial charge in [0.1, 0.15) is 0 Å². The summed E-state index contributed by atoms with van der Waals surface area (Å²) in [6, 6.07) is 6.47. The van der Waals surface area contributed by atoms with Gasteiger partial charge in [-0.05, 0) is 31.9 Å². The summed E-state index contributed by atoms with van der Waals surface area (Å²) in [5, 5.41) is 9.85. The summed E-state index contributed by atoms with van der Waals surface area (Å²) in [4.78, 5) is 0.123. The Hall–Kier alpha value is -0.950. The zero-order valence-electron chi connectivity index (χ0n) is 13.6. The van der Waals surface area contributed by atoms with Gasteiger partial charge in [-0.3, -0.25) is 4.18 Å². The summed E-state index contributed by atoms with van der Waals surface area (Å²) in [7, 11) is -3.79. The molecule has 2 atom stereocenters. The standard InChI is InChI=1S/C17H26O5S/c1-14-8-10-17(11-9-14)23(19,20)22-12-15(18)6-4-2-3-5-7-16-13-21-16/h8-11,15-16,18H,2-7,12-13H2,1H3/t15-,16+/m0/s1. The van der Waals surface area contributed by atoms with E-state index in [1.54, 1.807) is 12.1 Å². The lowest BCUT2D eigenvalue weighted by Crippen LogP contribution is -2.19. The molecule has 0 radical (unpaired) electrons. The second kappa shape index (κ2) is 8.78. The van der Waals surface area contributed by atoms with E-state index in [4.69, 9.17) is 8.92 Å². The number of benzene rings is 1. The Morgan fingerprint density at radius 3 is 2.52 bits per heavy atom. The second-order valence-corrected chi connectivity index (χ2v) is 7.77. The van der Waals surface area contributed by atoms with E-state index in [0.717, 1.165) is 44.3 Å². The molecule has 1 saturated heterocycles. The molecule has 0 aliphatic carbocycles. The van der Waals surface area contributed by atoms with Crippen LogP contribution in [-0.2, 0) is 19.0 Å². The molecule has 1 aromatic rings. The van der Waals surface area contributed by atoms with Gasteiger partial charge in [-0.15, -0.1) is 0 Å². The molecule has 2 rings (SSSR count). The summed E-state index contributed by atoms with van der Waals surface area (Å²) in [5.41, 5.74) is 0.984. The van der Waals surface area contributed by atoms with E-state index in [1.807, 2.05) is 6.92 Å². The highest BCUT2D eigenvalue weighted by molar-refractivity contribution is 7.86. The van der Waals surface area contributed by atoms with Crippen LogP contribution in [-0.4, -0.2) is 38.9 Å². The number of aliphatic hydroxyl groups excluding tert-OH is 1. The molecule has 0 saturated carbocycles. The lowest BCUT2D eigenvalue weighted by atomic mass is 10.1. The van der Waals surface area contributed by atoms with Gasteiger partial charge < -0.3 is 9.84 Å². The number of unbranched alkanes of at least 4 members (excludes halogenated alkanes) is 3. The minimum Gasteiger partial charge on any atom is -0.391 e. The Morgan fingerprint density at radius 2 is 1.87 bits per heavy atom. The smallest absolute Gasteiger partial charge is 0.297 e. The molecular formula is C17H26O5S. The van der Waals surface area contributed by atoms with Gasteiger partial charge in [-0.25, -0.2) is 0 Å². The van der Waals surface area contributed by atoms with Gasteiger partial charge in [0.25, 0.3) is 10.1 Å². The summed E-state index contributed by atoms with van der Waals surface area (Å²) in [6.45, 7) is 2.61. The van der Waals surface area contributed by atoms with Crippen LogP contribution in [0.4, 0.5) is 0 Å². The number of ether oxygens (including phenoxy) is 1. The molecule has 0 unspecified atom stereocenters. The molecule has 0 spiro atoms. The first-order chi connectivity index (χ1) is 11.0. The number of rotatable bonds is 11. The van der Waals surface area contributed by atoms with E-state index in [9.17, 15) is 13.5 Å². The van der Waals surface area contributed by atoms with Gasteiger partial charge in [0, 0.05) is 0 Å². The fourth-order valence-electron chi connectivity index (χ4n) is 2.36. The molecule has 0 bridgehead atoms. The number of hydrogen-bond donors (Lipinski definition) is 1. The Balaban J connectivity index is 1.60. The zero-order chi connectivity index (χ0) is 16.7. The highest BCUT2D eigenvalue weighted by Crippen LogP contribution is 2.18. The Bertz CT molecular complexity index is 563. The van der Waals surface area contributed by atoms with E-state index < -0.39 is 16.2 Å². The van der Waals surface area contributed by atoms with Gasteiger partial charge in [0.2, 0.25) is 0 Å². The molecule has 0 aromatic heterocycles. The van der Waals surface area contributed by atoms with E-state index in [2.05, 4.69) is 0 Å². The molecule has 23 heavy (non-hydrogen) atoms. The molecule has 1 fully saturated rings. The molecule has 6 heteroatoms. The van der Waals surface area contributed by atoms with Crippen molar-refractivity contribution in [3.05, 3.63) is 29.8 Å². The fourth-order valence-corrected chi connectivity index (χ4v) is 3.31. The van der Waals surface area contributed by atoms with Gasteiger partial charge in [-0.1, -0.05) is 43.4 Å². The van der Waals surface area contributed by atoms with Crippen molar-refractivity contribution in [2.24, 2.45) is 0 Å². The molecule has 1 heterocycles. The van der Waals surface area contributed by atoms with Crippen molar-refractivity contribution >= 4 is 10.1 Å². The van der Waals surface area contributed by atoms with Gasteiger partial charge in [-0.2, -0.15) is 8.42 Å². The Kier molecular flexibility index (Phi) is 7.02. The molecule has 1 N–H and O–H groups in total. The molecule has 1 aliphatic heterocycles. The van der Waals surface area contributed by atoms with E-state index >= 15 is 0 Å². The number of hydrogen-bond acceptors (Lipinski definition) is 5. The summed E-state index contributed by atoms with van der Waals surface area (Å²) >= 11 is 0. The van der Waals surface area contributed by atoms with Gasteiger partial charge >= 0.3 is 0 Å². The van der Waals surface area contributed by atoms with Crippen molar-refractivity contribution in [2.45, 2.75) is 62.6 Å². The third-order valence-corrected chi connectivity index (χ3v) is 5.24. The maximum Gasteiger partial charge on any atom is 0.297 e. The first-order valence-corrected chi connectivity index (χ1v) is 9.64. The van der Waals surface area contributed by atoms with Crippen LogP contribution < -0.4 is 0 Å². The van der Waals surface area contributed by atoms with Crippen molar-refractivity contribution in [3.8, 4) is 0 Å². The van der Waals surface area contributed by atoms with Crippen molar-refractivity contribution in [1.82, 2.24) is 0 Å². The normalized spacial score (nSPS) is 18.8. The minimum atomic E-state index is -3.79. The SMILES string of the molecule is Cc1ccc(S(=O)(=O)OC[C@@H](O)CCCCCC[C@@H]2CO2)cc1. The van der Waals surface area contributed by atoms with Crippen LogP contribution in [0, 0.1) is 6.92 Å². The van der Waals surface area contributed by atoms with Crippen LogP contribution in [0.5, 0.6) is 0 Å². The third-order valence-electron chi connectivity index (χ3n) is 3.94. The monoisotopic (exact) mass is 342 g/mol. The average molecular weight is 342 g/mol. The van der Waals surface area contributed by atoms with E-state index in [1.165, 1.54) is 12.1 Å². The fraction of sp³-hybridized carbons (Fsp3) is 0.647. The van der Waals surface area contributed by atoms with Crippen molar-refractivity contribution < 1.29 is 22.4 Å². The highest BCUT2D eigenvalue weighted by atomic mass is 32.2. The number of epoxide rings is 1. The lowest BCUT2D eigenvalue weighted by molar-refractivity contribution is 0.100. The van der Waals surface area contributed by atoms with Crippen LogP contribution >= 0.6 is 0 Å². The topological polar surface area (TPSA) is 76.1 Å². The van der Waals surface area contributed by atoms with Crippen molar-refractivity contribution in [1.29, 1.82) is 0 Å². The molecule has 0 amide bonds. The lowest BCUT2D eigenvalue weighted by Gasteiger charge is -2.11. The maximum absolute atomic E-state index is 12.0. The highest BCUT2D eigenvalue weighted by Gasteiger charge is 2.21. The summed E-state index contributed by atoms with van der Waals surface area (Å²) < 4.78 is 34.1. The first kappa shape index (κ1) is 18.4. The molecule has 1 aliphatic rings. The molecule has 130 valence electrons. The van der Waals surface area contributed by atoms with E-state index in [-0.39, 0.29) is 11.5 Å². The van der Waals surface area contributed by atoms with Crippen LogP contribution in [0.3, 0.4) is 0 Å². The van der Waals surface area contributed by atoms with Crippen LogP contribution in [0.25, 0.3) is 0 Å². The molecule has 5 nitrogen and oxygen atoms in total.